The number of halogens is 1. The molecule has 3 aromatic rings. The fourth-order valence-corrected chi connectivity index (χ4v) is 4.69. The van der Waals surface area contributed by atoms with E-state index in [-0.39, 0.29) is 28.1 Å². The molecule has 0 saturated heterocycles. The Bertz CT molecular complexity index is 1080. The Labute approximate surface area is 171 Å². The number of carbonyl (C=O) groups is 1. The molecule has 0 unspecified atom stereocenters. The molecule has 0 spiro atoms. The first-order chi connectivity index (χ1) is 13.4. The van der Waals surface area contributed by atoms with Gasteiger partial charge in [0.05, 0.1) is 22.8 Å². The summed E-state index contributed by atoms with van der Waals surface area (Å²) >= 11 is 3.23. The predicted octanol–water partition coefficient (Wildman–Crippen LogP) is 3.29. The number of carbonyl (C=O) groups excluding carboxylic acids is 1. The van der Waals surface area contributed by atoms with Crippen LogP contribution in [-0.4, -0.2) is 30.8 Å². The number of hydrogen-bond donors (Lipinski definition) is 1. The molecule has 3 rings (SSSR count). The van der Waals surface area contributed by atoms with Crippen LogP contribution in [0.2, 0.25) is 0 Å². The van der Waals surface area contributed by atoms with E-state index in [4.69, 9.17) is 4.74 Å². The van der Waals surface area contributed by atoms with Crippen molar-refractivity contribution < 1.29 is 17.9 Å². The molecule has 0 aliphatic carbocycles. The van der Waals surface area contributed by atoms with Crippen LogP contribution < -0.4 is 4.72 Å². The Hall–Kier alpha value is -2.49. The van der Waals surface area contributed by atoms with E-state index in [0.29, 0.717) is 0 Å². The summed E-state index contributed by atoms with van der Waals surface area (Å²) < 4.78 is 35.0. The van der Waals surface area contributed by atoms with Gasteiger partial charge in [-0.25, -0.2) is 22.6 Å². The van der Waals surface area contributed by atoms with E-state index in [1.807, 2.05) is 24.3 Å². The first-order valence-electron chi connectivity index (χ1n) is 8.46. The summed E-state index contributed by atoms with van der Waals surface area (Å²) in [5.41, 5.74) is 1.83. The summed E-state index contributed by atoms with van der Waals surface area (Å²) in [5, 5.41) is 4.19. The largest absolute Gasteiger partial charge is 0.462 e. The van der Waals surface area contributed by atoms with Gasteiger partial charge in [-0.15, -0.1) is 0 Å². The zero-order valence-corrected chi connectivity index (χ0v) is 17.4. The molecule has 0 fully saturated rings. The van der Waals surface area contributed by atoms with Crippen LogP contribution in [0.15, 0.2) is 70.3 Å². The SMILES string of the molecule is CCOC(=O)c1ccc(S(=O)(=O)NCc2ccccc2-n2cccn2)c(Br)c1. The van der Waals surface area contributed by atoms with Gasteiger partial charge in [-0.3, -0.25) is 0 Å². The average molecular weight is 464 g/mol. The number of sulfonamides is 1. The van der Waals surface area contributed by atoms with E-state index >= 15 is 0 Å². The fourth-order valence-electron chi connectivity index (χ4n) is 2.61. The lowest BCUT2D eigenvalue weighted by molar-refractivity contribution is 0.0526. The summed E-state index contributed by atoms with van der Waals surface area (Å²) in [4.78, 5) is 11.8. The Morgan fingerprint density at radius 1 is 1.21 bits per heavy atom. The van der Waals surface area contributed by atoms with Gasteiger partial charge < -0.3 is 4.74 Å². The lowest BCUT2D eigenvalue weighted by atomic mass is 10.2. The third-order valence-corrected chi connectivity index (χ3v) is 6.31. The minimum atomic E-state index is -3.81. The molecule has 146 valence electrons. The molecule has 1 aromatic heterocycles. The molecule has 0 saturated carbocycles. The number of rotatable bonds is 7. The van der Waals surface area contributed by atoms with Crippen molar-refractivity contribution in [2.45, 2.75) is 18.4 Å². The number of benzene rings is 2. The normalized spacial score (nSPS) is 11.4. The van der Waals surface area contributed by atoms with Gasteiger partial charge in [-0.1, -0.05) is 18.2 Å². The van der Waals surface area contributed by atoms with E-state index < -0.39 is 16.0 Å². The Morgan fingerprint density at radius 2 is 2.00 bits per heavy atom. The maximum absolute atomic E-state index is 12.8. The number of para-hydroxylation sites is 1. The zero-order chi connectivity index (χ0) is 20.1. The van der Waals surface area contributed by atoms with E-state index in [9.17, 15) is 13.2 Å². The fraction of sp³-hybridized carbons (Fsp3) is 0.158. The van der Waals surface area contributed by atoms with Crippen molar-refractivity contribution in [3.63, 3.8) is 0 Å². The second-order valence-electron chi connectivity index (χ2n) is 5.77. The number of nitrogens with zero attached hydrogens (tertiary/aromatic N) is 2. The quantitative estimate of drug-likeness (QED) is 0.542. The lowest BCUT2D eigenvalue weighted by Gasteiger charge is -2.12. The van der Waals surface area contributed by atoms with Crippen LogP contribution in [0, 0.1) is 0 Å². The summed E-state index contributed by atoms with van der Waals surface area (Å²) in [6.07, 6.45) is 3.45. The number of esters is 1. The molecule has 0 bridgehead atoms. The number of nitrogens with one attached hydrogen (secondary N) is 1. The highest BCUT2D eigenvalue weighted by Gasteiger charge is 2.20. The maximum Gasteiger partial charge on any atom is 0.338 e. The second kappa shape index (κ2) is 8.68. The van der Waals surface area contributed by atoms with Crippen molar-refractivity contribution in [2.75, 3.05) is 6.61 Å². The van der Waals surface area contributed by atoms with Crippen LogP contribution >= 0.6 is 15.9 Å². The van der Waals surface area contributed by atoms with Gasteiger partial charge in [0.1, 0.15) is 0 Å². The minimum Gasteiger partial charge on any atom is -0.462 e. The van der Waals surface area contributed by atoms with Crippen molar-refractivity contribution in [1.29, 1.82) is 0 Å². The molecule has 9 heteroatoms. The van der Waals surface area contributed by atoms with Crippen LogP contribution in [0.3, 0.4) is 0 Å². The van der Waals surface area contributed by atoms with Crippen LogP contribution in [0.4, 0.5) is 0 Å². The Balaban J connectivity index is 1.81. The highest BCUT2D eigenvalue weighted by Crippen LogP contribution is 2.24. The summed E-state index contributed by atoms with van der Waals surface area (Å²) in [6, 6.07) is 13.4. The highest BCUT2D eigenvalue weighted by atomic mass is 79.9. The lowest BCUT2D eigenvalue weighted by Crippen LogP contribution is -2.24. The third kappa shape index (κ3) is 4.49. The maximum atomic E-state index is 12.8. The molecular formula is C19H18BrN3O4S. The van der Waals surface area contributed by atoms with Crippen molar-refractivity contribution in [1.82, 2.24) is 14.5 Å². The Kier molecular flexibility index (Phi) is 6.28. The van der Waals surface area contributed by atoms with Crippen molar-refractivity contribution in [3.8, 4) is 5.69 Å². The smallest absolute Gasteiger partial charge is 0.338 e. The molecule has 2 aromatic carbocycles. The molecule has 0 aliphatic rings. The van der Waals surface area contributed by atoms with E-state index in [0.717, 1.165) is 11.3 Å². The van der Waals surface area contributed by atoms with Gasteiger partial charge >= 0.3 is 5.97 Å². The van der Waals surface area contributed by atoms with Crippen molar-refractivity contribution >= 4 is 31.9 Å². The van der Waals surface area contributed by atoms with Gasteiger partial charge in [0.15, 0.2) is 0 Å². The predicted molar refractivity (Wildman–Crippen MR) is 108 cm³/mol. The van der Waals surface area contributed by atoms with Crippen molar-refractivity contribution in [3.05, 3.63) is 76.5 Å². The molecule has 0 amide bonds. The Morgan fingerprint density at radius 3 is 2.68 bits per heavy atom. The molecule has 0 radical (unpaired) electrons. The molecule has 28 heavy (non-hydrogen) atoms. The molecule has 0 atom stereocenters. The number of hydrogen-bond acceptors (Lipinski definition) is 5. The second-order valence-corrected chi connectivity index (χ2v) is 8.36. The van der Waals surface area contributed by atoms with Crippen LogP contribution in [0.1, 0.15) is 22.8 Å². The van der Waals surface area contributed by atoms with E-state index in [1.54, 1.807) is 30.1 Å². The molecule has 1 N–H and O–H groups in total. The monoisotopic (exact) mass is 463 g/mol. The molecule has 0 aliphatic heterocycles. The van der Waals surface area contributed by atoms with Gasteiger partial charge in [0.25, 0.3) is 0 Å². The summed E-state index contributed by atoms with van der Waals surface area (Å²) in [6.45, 7) is 2.04. The molecular weight excluding hydrogens is 446 g/mol. The average Bonchev–Trinajstić information content (AvgIpc) is 3.21. The summed E-state index contributed by atoms with van der Waals surface area (Å²) in [5.74, 6) is -0.506. The summed E-state index contributed by atoms with van der Waals surface area (Å²) in [7, 11) is -3.81. The first-order valence-corrected chi connectivity index (χ1v) is 10.7. The van der Waals surface area contributed by atoms with E-state index in [1.165, 1.54) is 18.2 Å². The van der Waals surface area contributed by atoms with Gasteiger partial charge in [0, 0.05) is 23.4 Å². The zero-order valence-electron chi connectivity index (χ0n) is 15.0. The minimum absolute atomic E-state index is 0.0390. The van der Waals surface area contributed by atoms with Gasteiger partial charge in [-0.05, 0) is 58.7 Å². The van der Waals surface area contributed by atoms with Gasteiger partial charge in [0.2, 0.25) is 10.0 Å². The topological polar surface area (TPSA) is 90.3 Å². The number of ether oxygens (including phenoxy) is 1. The van der Waals surface area contributed by atoms with Crippen molar-refractivity contribution in [2.24, 2.45) is 0 Å². The molecule has 7 nitrogen and oxygen atoms in total. The van der Waals surface area contributed by atoms with Crippen LogP contribution in [-0.2, 0) is 21.3 Å². The van der Waals surface area contributed by atoms with E-state index in [2.05, 4.69) is 25.8 Å². The van der Waals surface area contributed by atoms with Crippen LogP contribution in [0.25, 0.3) is 5.69 Å². The third-order valence-electron chi connectivity index (χ3n) is 3.93. The molecule has 1 heterocycles. The van der Waals surface area contributed by atoms with Crippen LogP contribution in [0.5, 0.6) is 0 Å². The van der Waals surface area contributed by atoms with Gasteiger partial charge in [-0.2, -0.15) is 5.10 Å². The first kappa shape index (κ1) is 20.2. The highest BCUT2D eigenvalue weighted by molar-refractivity contribution is 9.10. The number of aromatic nitrogens is 2. The standard InChI is InChI=1S/C19H18BrN3O4S/c1-2-27-19(24)14-8-9-18(16(20)12-14)28(25,26)22-13-15-6-3-4-7-17(15)23-11-5-10-21-23/h3-12,22H,2,13H2,1H3.